The Kier molecular flexibility index (Phi) is 3.87. The van der Waals surface area contributed by atoms with Crippen molar-refractivity contribution < 1.29 is 4.74 Å². The molecule has 1 aromatic carbocycles. The van der Waals surface area contributed by atoms with Gasteiger partial charge in [0.15, 0.2) is 0 Å². The predicted molar refractivity (Wildman–Crippen MR) is 81.7 cm³/mol. The monoisotopic (exact) mass is 275 g/mol. The highest BCUT2D eigenvalue weighted by Gasteiger charge is 2.26. The van der Waals surface area contributed by atoms with Crippen molar-refractivity contribution in [3.8, 4) is 0 Å². The van der Waals surface area contributed by atoms with Gasteiger partial charge in [0, 0.05) is 31.0 Å². The zero-order chi connectivity index (χ0) is 13.1. The summed E-state index contributed by atoms with van der Waals surface area (Å²) in [7, 11) is 0. The van der Waals surface area contributed by atoms with E-state index in [4.69, 9.17) is 4.74 Å². The summed E-state index contributed by atoms with van der Waals surface area (Å²) in [5.41, 5.74) is 1.83. The van der Waals surface area contributed by atoms with E-state index in [2.05, 4.69) is 41.9 Å². The molecule has 2 nitrogen and oxygen atoms in total. The van der Waals surface area contributed by atoms with Gasteiger partial charge in [0.1, 0.15) is 0 Å². The molecule has 1 aromatic heterocycles. The lowest BCUT2D eigenvalue weighted by molar-refractivity contribution is 0.0240. The molecule has 1 fully saturated rings. The molecular formula is C16H21NOS. The molecule has 102 valence electrons. The molecule has 0 radical (unpaired) electrons. The largest absolute Gasteiger partial charge is 0.381 e. The van der Waals surface area contributed by atoms with Crippen molar-refractivity contribution in [2.45, 2.75) is 26.3 Å². The van der Waals surface area contributed by atoms with Gasteiger partial charge in [-0.1, -0.05) is 25.1 Å². The molecule has 3 rings (SSSR count). The Hall–Kier alpha value is -0.900. The lowest BCUT2D eigenvalue weighted by Gasteiger charge is -2.33. The maximum absolute atomic E-state index is 5.45. The fourth-order valence-electron chi connectivity index (χ4n) is 2.71. The van der Waals surface area contributed by atoms with Crippen molar-refractivity contribution in [2.75, 3.05) is 19.8 Å². The molecule has 19 heavy (non-hydrogen) atoms. The zero-order valence-electron chi connectivity index (χ0n) is 11.4. The predicted octanol–water partition coefficient (Wildman–Crippen LogP) is 3.81. The minimum absolute atomic E-state index is 0.407. The van der Waals surface area contributed by atoms with E-state index < -0.39 is 0 Å². The van der Waals surface area contributed by atoms with Crippen LogP contribution in [-0.4, -0.2) is 19.8 Å². The van der Waals surface area contributed by atoms with E-state index in [1.807, 2.05) is 11.3 Å². The molecule has 2 heterocycles. The molecule has 0 unspecified atom stereocenters. The summed E-state index contributed by atoms with van der Waals surface area (Å²) >= 11 is 1.84. The summed E-state index contributed by atoms with van der Waals surface area (Å²) in [6, 6.07) is 8.65. The first-order valence-electron chi connectivity index (χ1n) is 7.00. The van der Waals surface area contributed by atoms with Crippen molar-refractivity contribution in [3.63, 3.8) is 0 Å². The summed E-state index contributed by atoms with van der Waals surface area (Å²) in [6.45, 7) is 6.26. The fraction of sp³-hybridized carbons (Fsp3) is 0.500. The van der Waals surface area contributed by atoms with E-state index in [0.717, 1.165) is 26.3 Å². The standard InChI is InChI=1S/C16H21NOS/c1-16(6-8-18-9-7-16)12-17-10-13-11-19-15-5-3-2-4-14(13)15/h2-5,11,17H,6-10,12H2,1H3. The summed E-state index contributed by atoms with van der Waals surface area (Å²) < 4.78 is 6.83. The third-order valence-electron chi connectivity index (χ3n) is 4.13. The molecule has 1 saturated heterocycles. The highest BCUT2D eigenvalue weighted by atomic mass is 32.1. The van der Waals surface area contributed by atoms with Crippen LogP contribution >= 0.6 is 11.3 Å². The number of hydrogen-bond acceptors (Lipinski definition) is 3. The number of fused-ring (bicyclic) bond motifs is 1. The number of benzene rings is 1. The van der Waals surface area contributed by atoms with E-state index in [1.54, 1.807) is 0 Å². The molecule has 1 aliphatic rings. The van der Waals surface area contributed by atoms with E-state index in [9.17, 15) is 0 Å². The number of ether oxygens (including phenoxy) is 1. The highest BCUT2D eigenvalue weighted by molar-refractivity contribution is 7.17. The lowest BCUT2D eigenvalue weighted by Crippen LogP contribution is -2.36. The first-order chi connectivity index (χ1) is 9.27. The summed E-state index contributed by atoms with van der Waals surface area (Å²) in [6.07, 6.45) is 2.34. The maximum Gasteiger partial charge on any atom is 0.0471 e. The van der Waals surface area contributed by atoms with E-state index in [0.29, 0.717) is 5.41 Å². The average Bonchev–Trinajstić information content (AvgIpc) is 2.83. The van der Waals surface area contributed by atoms with Crippen LogP contribution in [0.15, 0.2) is 29.6 Å². The Labute approximate surface area is 118 Å². The first kappa shape index (κ1) is 13.1. The summed E-state index contributed by atoms with van der Waals surface area (Å²) in [5, 5.41) is 7.32. The summed E-state index contributed by atoms with van der Waals surface area (Å²) in [4.78, 5) is 0. The third-order valence-corrected chi connectivity index (χ3v) is 5.14. The Balaban J connectivity index is 1.60. The van der Waals surface area contributed by atoms with Crippen LogP contribution in [0.5, 0.6) is 0 Å². The topological polar surface area (TPSA) is 21.3 Å². The Bertz CT molecular complexity index is 542. The summed E-state index contributed by atoms with van der Waals surface area (Å²) in [5.74, 6) is 0. The van der Waals surface area contributed by atoms with E-state index in [-0.39, 0.29) is 0 Å². The average molecular weight is 275 g/mol. The van der Waals surface area contributed by atoms with Crippen LogP contribution in [0.25, 0.3) is 10.1 Å². The van der Waals surface area contributed by atoms with Gasteiger partial charge in [-0.2, -0.15) is 0 Å². The van der Waals surface area contributed by atoms with Crippen molar-refractivity contribution in [3.05, 3.63) is 35.2 Å². The van der Waals surface area contributed by atoms with Gasteiger partial charge in [-0.25, -0.2) is 0 Å². The van der Waals surface area contributed by atoms with Crippen LogP contribution < -0.4 is 5.32 Å². The van der Waals surface area contributed by atoms with E-state index in [1.165, 1.54) is 28.5 Å². The lowest BCUT2D eigenvalue weighted by atomic mass is 9.82. The number of nitrogens with one attached hydrogen (secondary N) is 1. The van der Waals surface area contributed by atoms with E-state index >= 15 is 0 Å². The molecular weight excluding hydrogens is 254 g/mol. The number of rotatable bonds is 4. The molecule has 0 spiro atoms. The molecule has 1 aliphatic heterocycles. The van der Waals surface area contributed by atoms with Crippen LogP contribution in [0.2, 0.25) is 0 Å². The maximum atomic E-state index is 5.45. The molecule has 0 aliphatic carbocycles. The molecule has 0 bridgehead atoms. The fourth-order valence-corrected chi connectivity index (χ4v) is 3.67. The number of thiophene rings is 1. The van der Waals surface area contributed by atoms with Crippen LogP contribution in [0.1, 0.15) is 25.3 Å². The molecule has 1 N–H and O–H groups in total. The zero-order valence-corrected chi connectivity index (χ0v) is 12.3. The van der Waals surface area contributed by atoms with Gasteiger partial charge in [-0.15, -0.1) is 11.3 Å². The normalized spacial score (nSPS) is 18.8. The number of hydrogen-bond donors (Lipinski definition) is 1. The van der Waals surface area contributed by atoms with Crippen LogP contribution in [0.4, 0.5) is 0 Å². The second-order valence-electron chi connectivity index (χ2n) is 5.78. The van der Waals surface area contributed by atoms with Crippen molar-refractivity contribution in [1.29, 1.82) is 0 Å². The smallest absolute Gasteiger partial charge is 0.0471 e. The van der Waals surface area contributed by atoms with Crippen molar-refractivity contribution in [2.24, 2.45) is 5.41 Å². The van der Waals surface area contributed by atoms with Gasteiger partial charge in [-0.3, -0.25) is 0 Å². The third kappa shape index (κ3) is 2.99. The molecule has 0 amide bonds. The van der Waals surface area contributed by atoms with Crippen LogP contribution in [-0.2, 0) is 11.3 Å². The second-order valence-corrected chi connectivity index (χ2v) is 6.69. The Morgan fingerprint density at radius 2 is 2.05 bits per heavy atom. The Morgan fingerprint density at radius 3 is 2.89 bits per heavy atom. The van der Waals surface area contributed by atoms with Gasteiger partial charge in [-0.05, 0) is 40.7 Å². The quantitative estimate of drug-likeness (QED) is 0.916. The van der Waals surface area contributed by atoms with Gasteiger partial charge >= 0.3 is 0 Å². The molecule has 2 aromatic rings. The Morgan fingerprint density at radius 1 is 1.26 bits per heavy atom. The van der Waals surface area contributed by atoms with Crippen LogP contribution in [0.3, 0.4) is 0 Å². The van der Waals surface area contributed by atoms with Gasteiger partial charge in [0.05, 0.1) is 0 Å². The highest BCUT2D eigenvalue weighted by Crippen LogP contribution is 2.29. The second kappa shape index (κ2) is 5.61. The van der Waals surface area contributed by atoms with Crippen molar-refractivity contribution in [1.82, 2.24) is 5.32 Å². The molecule has 3 heteroatoms. The SMILES string of the molecule is CC1(CNCc2csc3ccccc23)CCOCC1. The van der Waals surface area contributed by atoms with Gasteiger partial charge < -0.3 is 10.1 Å². The first-order valence-corrected chi connectivity index (χ1v) is 7.88. The minimum Gasteiger partial charge on any atom is -0.381 e. The van der Waals surface area contributed by atoms with Crippen LogP contribution in [0, 0.1) is 5.41 Å². The van der Waals surface area contributed by atoms with Gasteiger partial charge in [0.2, 0.25) is 0 Å². The minimum atomic E-state index is 0.407. The van der Waals surface area contributed by atoms with Crippen molar-refractivity contribution >= 4 is 21.4 Å². The molecule has 0 saturated carbocycles. The molecule has 0 atom stereocenters. The van der Waals surface area contributed by atoms with Gasteiger partial charge in [0.25, 0.3) is 0 Å².